The van der Waals surface area contributed by atoms with Crippen molar-refractivity contribution in [1.82, 2.24) is 10.2 Å². The van der Waals surface area contributed by atoms with Crippen LogP contribution in [0.4, 0.5) is 10.5 Å². The fraction of sp³-hybridized carbons (Fsp3) is 0.441. The number of hydrogen-bond donors (Lipinski definition) is 3. The number of hydrogen-bond acceptors (Lipinski definition) is 5. The summed E-state index contributed by atoms with van der Waals surface area (Å²) in [5, 5.41) is 18.0. The number of phenols is 1. The Morgan fingerprint density at radius 3 is 2.29 bits per heavy atom. The highest BCUT2D eigenvalue weighted by Crippen LogP contribution is 2.30. The van der Waals surface area contributed by atoms with E-state index in [0.29, 0.717) is 36.2 Å². The molecule has 0 saturated heterocycles. The number of aromatic hydroxyl groups is 1. The molecule has 0 aliphatic carbocycles. The molecule has 0 aliphatic heterocycles. The lowest BCUT2D eigenvalue weighted by Crippen LogP contribution is -2.53. The van der Waals surface area contributed by atoms with Crippen molar-refractivity contribution in [2.75, 3.05) is 11.9 Å². The number of nitrogens with zero attached hydrogens (tertiary/aromatic N) is 1. The van der Waals surface area contributed by atoms with Crippen LogP contribution in [0.15, 0.2) is 60.7 Å². The molecule has 3 aromatic carbocycles. The van der Waals surface area contributed by atoms with Crippen LogP contribution < -0.4 is 10.6 Å². The minimum atomic E-state index is -1.01. The van der Waals surface area contributed by atoms with Crippen LogP contribution in [-0.4, -0.2) is 46.1 Å². The number of benzene rings is 3. The quantitative estimate of drug-likeness (QED) is 0.226. The second kappa shape index (κ2) is 14.2. The third-order valence-electron chi connectivity index (χ3n) is 6.85. The minimum Gasteiger partial charge on any atom is -0.508 e. The number of carbonyl (C=O) groups is 3. The third-order valence-corrected chi connectivity index (χ3v) is 6.85. The number of alkyl carbamates (subject to hydrolysis) is 1. The maximum atomic E-state index is 14.3. The Morgan fingerprint density at radius 1 is 0.976 bits per heavy atom. The van der Waals surface area contributed by atoms with Crippen molar-refractivity contribution < 1.29 is 24.2 Å². The van der Waals surface area contributed by atoms with Crippen molar-refractivity contribution in [3.8, 4) is 5.75 Å². The second-order valence-corrected chi connectivity index (χ2v) is 12.2. The summed E-state index contributed by atoms with van der Waals surface area (Å²) in [7, 11) is 0. The molecule has 3 N–H and O–H groups in total. The van der Waals surface area contributed by atoms with Gasteiger partial charge in [-0.1, -0.05) is 63.6 Å². The lowest BCUT2D eigenvalue weighted by atomic mass is 9.97. The Labute approximate surface area is 249 Å². The van der Waals surface area contributed by atoms with Crippen LogP contribution in [0.3, 0.4) is 0 Å². The summed E-state index contributed by atoms with van der Waals surface area (Å²) in [5.74, 6) is -0.571. The summed E-state index contributed by atoms with van der Waals surface area (Å²) in [6.45, 7) is 13.3. The fourth-order valence-electron chi connectivity index (χ4n) is 4.84. The van der Waals surface area contributed by atoms with E-state index in [9.17, 15) is 19.5 Å². The largest absolute Gasteiger partial charge is 0.508 e. The van der Waals surface area contributed by atoms with E-state index in [2.05, 4.69) is 10.6 Å². The van der Waals surface area contributed by atoms with Gasteiger partial charge < -0.3 is 25.4 Å². The van der Waals surface area contributed by atoms with Gasteiger partial charge >= 0.3 is 6.09 Å². The van der Waals surface area contributed by atoms with Crippen LogP contribution in [0.2, 0.25) is 0 Å². The van der Waals surface area contributed by atoms with Gasteiger partial charge in [0, 0.05) is 12.2 Å². The van der Waals surface area contributed by atoms with Crippen molar-refractivity contribution in [3.63, 3.8) is 0 Å². The van der Waals surface area contributed by atoms with E-state index in [1.807, 2.05) is 63.2 Å². The molecule has 8 nitrogen and oxygen atoms in total. The molecule has 0 aliphatic rings. The van der Waals surface area contributed by atoms with E-state index in [4.69, 9.17) is 4.74 Å². The summed E-state index contributed by atoms with van der Waals surface area (Å²) < 4.78 is 5.47. The second-order valence-electron chi connectivity index (χ2n) is 12.2. The van der Waals surface area contributed by atoms with E-state index >= 15 is 0 Å². The van der Waals surface area contributed by atoms with Gasteiger partial charge in [-0.15, -0.1) is 0 Å². The van der Waals surface area contributed by atoms with E-state index in [0.717, 1.165) is 17.2 Å². The first kappa shape index (κ1) is 32.4. The summed E-state index contributed by atoms with van der Waals surface area (Å²) in [4.78, 5) is 42.8. The van der Waals surface area contributed by atoms with E-state index in [1.54, 1.807) is 44.7 Å². The summed E-state index contributed by atoms with van der Waals surface area (Å²) in [6, 6.07) is 16.6. The standard InChI is InChI=1S/C34H45N3O5/c1-8-9-18-37(32(40)28(19-22(2)3)36-33(41)42-34(5,6)7)30(26-15-17-29(38)23(4)20-26)31(39)35-27-16-14-24-12-10-11-13-25(24)21-27/h10-17,20-22,28,30,38H,8-9,18-19H2,1-7H3,(H,35,39)(H,36,41). The van der Waals surface area contributed by atoms with Crippen LogP contribution in [0.1, 0.15) is 78.0 Å². The van der Waals surface area contributed by atoms with Gasteiger partial charge in [-0.3, -0.25) is 9.59 Å². The molecule has 42 heavy (non-hydrogen) atoms. The predicted octanol–water partition coefficient (Wildman–Crippen LogP) is 7.10. The first-order valence-corrected chi connectivity index (χ1v) is 14.7. The normalized spacial score (nSPS) is 13.0. The maximum absolute atomic E-state index is 14.3. The molecule has 0 saturated carbocycles. The molecule has 226 valence electrons. The summed E-state index contributed by atoms with van der Waals surface area (Å²) >= 11 is 0. The molecule has 3 amide bonds. The number of unbranched alkanes of at least 4 members (excludes halogenated alkanes) is 1. The van der Waals surface area contributed by atoms with Gasteiger partial charge in [-0.05, 0) is 92.6 Å². The Bertz CT molecular complexity index is 1400. The molecule has 0 heterocycles. The van der Waals surface area contributed by atoms with Gasteiger partial charge in [-0.2, -0.15) is 0 Å². The first-order valence-electron chi connectivity index (χ1n) is 14.7. The molecule has 3 rings (SSSR count). The maximum Gasteiger partial charge on any atom is 0.408 e. The molecule has 2 unspecified atom stereocenters. The Balaban J connectivity index is 2.05. The highest BCUT2D eigenvalue weighted by atomic mass is 16.6. The molecular formula is C34H45N3O5. The molecule has 3 aromatic rings. The first-order chi connectivity index (χ1) is 19.8. The molecule has 0 fully saturated rings. The van der Waals surface area contributed by atoms with Crippen LogP contribution in [-0.2, 0) is 14.3 Å². The van der Waals surface area contributed by atoms with Gasteiger partial charge in [-0.25, -0.2) is 4.79 Å². The van der Waals surface area contributed by atoms with Crippen molar-refractivity contribution in [1.29, 1.82) is 0 Å². The molecule has 0 aromatic heterocycles. The Kier molecular flexibility index (Phi) is 11.0. The zero-order chi connectivity index (χ0) is 31.0. The van der Waals surface area contributed by atoms with Gasteiger partial charge in [0.2, 0.25) is 5.91 Å². The van der Waals surface area contributed by atoms with Gasteiger partial charge in [0.15, 0.2) is 0 Å². The number of rotatable bonds is 11. The summed E-state index contributed by atoms with van der Waals surface area (Å²) in [5.41, 5.74) is 1.02. The SMILES string of the molecule is CCCCN(C(=O)C(CC(C)C)NC(=O)OC(C)(C)C)C(C(=O)Nc1ccc2ccccc2c1)c1ccc(O)c(C)c1. The van der Waals surface area contributed by atoms with Crippen molar-refractivity contribution >= 4 is 34.4 Å². The van der Waals surface area contributed by atoms with Crippen molar-refractivity contribution in [2.24, 2.45) is 5.92 Å². The van der Waals surface area contributed by atoms with Crippen LogP contribution in [0.25, 0.3) is 10.8 Å². The molecule has 0 bridgehead atoms. The van der Waals surface area contributed by atoms with Crippen molar-refractivity contribution in [3.05, 3.63) is 71.8 Å². The van der Waals surface area contributed by atoms with Crippen LogP contribution >= 0.6 is 0 Å². The zero-order valence-electron chi connectivity index (χ0n) is 25.9. The highest BCUT2D eigenvalue weighted by Gasteiger charge is 2.36. The lowest BCUT2D eigenvalue weighted by Gasteiger charge is -2.35. The Morgan fingerprint density at radius 2 is 1.67 bits per heavy atom. The molecule has 0 spiro atoms. The van der Waals surface area contributed by atoms with Gasteiger partial charge in [0.05, 0.1) is 0 Å². The van der Waals surface area contributed by atoms with Crippen LogP contribution in [0.5, 0.6) is 5.75 Å². The molecule has 8 heteroatoms. The predicted molar refractivity (Wildman–Crippen MR) is 167 cm³/mol. The number of fused-ring (bicyclic) bond motifs is 1. The van der Waals surface area contributed by atoms with Crippen molar-refractivity contribution in [2.45, 2.75) is 85.4 Å². The third kappa shape index (κ3) is 8.96. The molecule has 2 atom stereocenters. The Hall–Kier alpha value is -4.07. The van der Waals surface area contributed by atoms with E-state index < -0.39 is 23.8 Å². The molecule has 0 radical (unpaired) electrons. The summed E-state index contributed by atoms with van der Waals surface area (Å²) in [6.07, 6.45) is 1.14. The minimum absolute atomic E-state index is 0.0858. The number of amides is 3. The van der Waals surface area contributed by atoms with Gasteiger partial charge in [0.1, 0.15) is 23.4 Å². The van der Waals surface area contributed by atoms with E-state index in [1.165, 1.54) is 6.07 Å². The number of carbonyl (C=O) groups excluding carboxylic acids is 3. The zero-order valence-corrected chi connectivity index (χ0v) is 25.9. The molecular weight excluding hydrogens is 530 g/mol. The lowest BCUT2D eigenvalue weighted by molar-refractivity contribution is -0.141. The van der Waals surface area contributed by atoms with E-state index in [-0.39, 0.29) is 23.5 Å². The van der Waals surface area contributed by atoms with Crippen LogP contribution in [0, 0.1) is 12.8 Å². The smallest absolute Gasteiger partial charge is 0.408 e. The number of aryl methyl sites for hydroxylation is 1. The average Bonchev–Trinajstić information content (AvgIpc) is 2.90. The monoisotopic (exact) mass is 575 g/mol. The number of nitrogens with one attached hydrogen (secondary N) is 2. The topological polar surface area (TPSA) is 108 Å². The number of phenolic OH excluding ortho intramolecular Hbond substituents is 1. The number of anilines is 1. The number of ether oxygens (including phenoxy) is 1. The van der Waals surface area contributed by atoms with Gasteiger partial charge in [0.25, 0.3) is 5.91 Å². The average molecular weight is 576 g/mol. The fourth-order valence-corrected chi connectivity index (χ4v) is 4.84. The highest BCUT2D eigenvalue weighted by molar-refractivity contribution is 6.00.